The van der Waals surface area contributed by atoms with Crippen LogP contribution in [0.2, 0.25) is 5.02 Å². The first-order chi connectivity index (χ1) is 6.65. The fraction of sp³-hybridized carbons (Fsp3) is 0.455. The molecular formula is C11H15ClN2. The third-order valence-electron chi connectivity index (χ3n) is 3.09. The molecule has 0 fully saturated rings. The van der Waals surface area contributed by atoms with Gasteiger partial charge in [-0.15, -0.1) is 0 Å². The van der Waals surface area contributed by atoms with Gasteiger partial charge < -0.3 is 5.73 Å². The van der Waals surface area contributed by atoms with Gasteiger partial charge in [-0.2, -0.15) is 0 Å². The van der Waals surface area contributed by atoms with Crippen LogP contribution in [-0.4, -0.2) is 18.5 Å². The summed E-state index contributed by atoms with van der Waals surface area (Å²) in [5.41, 5.74) is 9.65. The first-order valence-corrected chi connectivity index (χ1v) is 5.21. The Morgan fingerprint density at radius 2 is 2.29 bits per heavy atom. The molecule has 2 rings (SSSR count). The second-order valence-corrected chi connectivity index (χ2v) is 4.31. The first kappa shape index (κ1) is 9.97. The number of hydrogen-bond donors (Lipinski definition) is 1. The molecule has 0 saturated heterocycles. The SMILES string of the molecule is Cc1c(Cl)ccc2c1CN(C)C2CN. The number of likely N-dealkylation sites (N-methyl/N-ethyl adjacent to an activating group) is 1. The van der Waals surface area contributed by atoms with Crippen molar-refractivity contribution in [2.45, 2.75) is 19.5 Å². The number of nitrogens with zero attached hydrogens (tertiary/aromatic N) is 1. The molecule has 76 valence electrons. The largest absolute Gasteiger partial charge is 0.329 e. The lowest BCUT2D eigenvalue weighted by Crippen LogP contribution is -2.23. The van der Waals surface area contributed by atoms with Crippen LogP contribution >= 0.6 is 11.6 Å². The van der Waals surface area contributed by atoms with E-state index in [1.807, 2.05) is 6.07 Å². The molecule has 1 aromatic rings. The van der Waals surface area contributed by atoms with Gasteiger partial charge in [0.2, 0.25) is 0 Å². The van der Waals surface area contributed by atoms with Crippen molar-refractivity contribution in [1.29, 1.82) is 0 Å². The zero-order chi connectivity index (χ0) is 10.3. The summed E-state index contributed by atoms with van der Waals surface area (Å²) in [7, 11) is 2.10. The van der Waals surface area contributed by atoms with E-state index < -0.39 is 0 Å². The van der Waals surface area contributed by atoms with Gasteiger partial charge >= 0.3 is 0 Å². The van der Waals surface area contributed by atoms with Crippen LogP contribution in [-0.2, 0) is 6.54 Å². The zero-order valence-electron chi connectivity index (χ0n) is 8.55. The van der Waals surface area contributed by atoms with E-state index in [-0.39, 0.29) is 0 Å². The van der Waals surface area contributed by atoms with Crippen LogP contribution in [0.1, 0.15) is 22.7 Å². The summed E-state index contributed by atoms with van der Waals surface area (Å²) in [6.45, 7) is 3.71. The summed E-state index contributed by atoms with van der Waals surface area (Å²) in [5.74, 6) is 0. The van der Waals surface area contributed by atoms with Crippen molar-refractivity contribution in [3.8, 4) is 0 Å². The van der Waals surface area contributed by atoms with Crippen molar-refractivity contribution in [3.05, 3.63) is 33.8 Å². The third-order valence-corrected chi connectivity index (χ3v) is 3.50. The Kier molecular flexibility index (Phi) is 2.52. The van der Waals surface area contributed by atoms with Crippen LogP contribution in [0.3, 0.4) is 0 Å². The van der Waals surface area contributed by atoms with Crippen LogP contribution in [0.4, 0.5) is 0 Å². The molecule has 1 aliphatic rings. The molecule has 14 heavy (non-hydrogen) atoms. The molecule has 0 aliphatic carbocycles. The van der Waals surface area contributed by atoms with Gasteiger partial charge in [-0.05, 0) is 36.7 Å². The summed E-state index contributed by atoms with van der Waals surface area (Å²) >= 11 is 6.08. The predicted molar refractivity (Wildman–Crippen MR) is 59.5 cm³/mol. The second-order valence-electron chi connectivity index (χ2n) is 3.91. The first-order valence-electron chi connectivity index (χ1n) is 4.83. The van der Waals surface area contributed by atoms with Crippen LogP contribution in [0.5, 0.6) is 0 Å². The van der Waals surface area contributed by atoms with E-state index in [1.54, 1.807) is 0 Å². The Hall–Kier alpha value is -0.570. The number of fused-ring (bicyclic) bond motifs is 1. The Morgan fingerprint density at radius 1 is 1.57 bits per heavy atom. The number of benzene rings is 1. The minimum atomic E-state index is 0.362. The molecular weight excluding hydrogens is 196 g/mol. The number of hydrogen-bond acceptors (Lipinski definition) is 2. The van der Waals surface area contributed by atoms with Gasteiger partial charge in [0.1, 0.15) is 0 Å². The Bertz CT molecular complexity index is 363. The van der Waals surface area contributed by atoms with E-state index in [4.69, 9.17) is 17.3 Å². The van der Waals surface area contributed by atoms with Gasteiger partial charge in [-0.3, -0.25) is 4.90 Å². The van der Waals surface area contributed by atoms with Crippen LogP contribution in [0, 0.1) is 6.92 Å². The van der Waals surface area contributed by atoms with Gasteiger partial charge in [0.25, 0.3) is 0 Å². The summed E-state index contributed by atoms with van der Waals surface area (Å²) in [6.07, 6.45) is 0. The molecule has 0 spiro atoms. The maximum atomic E-state index is 6.08. The van der Waals surface area contributed by atoms with Gasteiger partial charge in [0.15, 0.2) is 0 Å². The van der Waals surface area contributed by atoms with E-state index in [9.17, 15) is 0 Å². The molecule has 1 atom stereocenters. The van der Waals surface area contributed by atoms with E-state index in [0.717, 1.165) is 11.6 Å². The maximum absolute atomic E-state index is 6.08. The molecule has 1 unspecified atom stereocenters. The lowest BCUT2D eigenvalue weighted by atomic mass is 10.0. The highest BCUT2D eigenvalue weighted by molar-refractivity contribution is 6.31. The molecule has 1 aliphatic heterocycles. The lowest BCUT2D eigenvalue weighted by molar-refractivity contribution is 0.274. The molecule has 1 aromatic carbocycles. The highest BCUT2D eigenvalue weighted by Crippen LogP contribution is 2.35. The summed E-state index contributed by atoms with van der Waals surface area (Å²) in [6, 6.07) is 4.43. The zero-order valence-corrected chi connectivity index (χ0v) is 9.30. The maximum Gasteiger partial charge on any atom is 0.0474 e. The molecule has 0 bridgehead atoms. The minimum Gasteiger partial charge on any atom is -0.329 e. The number of nitrogens with two attached hydrogens (primary N) is 1. The average molecular weight is 211 g/mol. The van der Waals surface area contributed by atoms with Crippen LogP contribution in [0.15, 0.2) is 12.1 Å². The second kappa shape index (κ2) is 3.54. The van der Waals surface area contributed by atoms with Crippen molar-refractivity contribution in [1.82, 2.24) is 4.90 Å². The van der Waals surface area contributed by atoms with Gasteiger partial charge in [0.05, 0.1) is 0 Å². The van der Waals surface area contributed by atoms with Gasteiger partial charge in [0, 0.05) is 24.2 Å². The van der Waals surface area contributed by atoms with Crippen LogP contribution < -0.4 is 5.73 Å². The third kappa shape index (κ3) is 1.34. The highest BCUT2D eigenvalue weighted by Gasteiger charge is 2.27. The summed E-state index contributed by atoms with van der Waals surface area (Å²) < 4.78 is 0. The van der Waals surface area contributed by atoms with Crippen molar-refractivity contribution in [2.75, 3.05) is 13.6 Å². The smallest absolute Gasteiger partial charge is 0.0474 e. The molecule has 0 aromatic heterocycles. The van der Waals surface area contributed by atoms with Crippen molar-refractivity contribution in [2.24, 2.45) is 5.73 Å². The molecule has 3 heteroatoms. The average Bonchev–Trinajstić information content (AvgIpc) is 2.49. The van der Waals surface area contributed by atoms with E-state index in [2.05, 4.69) is 24.9 Å². The molecule has 2 nitrogen and oxygen atoms in total. The topological polar surface area (TPSA) is 29.3 Å². The Labute approximate surface area is 89.7 Å². The standard InChI is InChI=1S/C11H15ClN2/c1-7-9-6-14(2)11(5-13)8(9)3-4-10(7)12/h3-4,11H,5-6,13H2,1-2H3. The number of rotatable bonds is 1. The summed E-state index contributed by atoms with van der Waals surface area (Å²) in [5, 5.41) is 0.856. The molecule has 2 N–H and O–H groups in total. The normalized spacial score (nSPS) is 21.3. The quantitative estimate of drug-likeness (QED) is 0.769. The van der Waals surface area contributed by atoms with Crippen molar-refractivity contribution >= 4 is 11.6 Å². The minimum absolute atomic E-state index is 0.362. The van der Waals surface area contributed by atoms with E-state index in [1.165, 1.54) is 16.7 Å². The lowest BCUT2D eigenvalue weighted by Gasteiger charge is -2.17. The van der Waals surface area contributed by atoms with E-state index >= 15 is 0 Å². The van der Waals surface area contributed by atoms with Crippen molar-refractivity contribution in [3.63, 3.8) is 0 Å². The highest BCUT2D eigenvalue weighted by atomic mass is 35.5. The van der Waals surface area contributed by atoms with Gasteiger partial charge in [-0.25, -0.2) is 0 Å². The van der Waals surface area contributed by atoms with Gasteiger partial charge in [-0.1, -0.05) is 17.7 Å². The predicted octanol–water partition coefficient (Wildman–Crippen LogP) is 2.09. The Morgan fingerprint density at radius 3 is 2.93 bits per heavy atom. The monoisotopic (exact) mass is 210 g/mol. The Balaban J connectivity index is 2.52. The fourth-order valence-corrected chi connectivity index (χ4v) is 2.35. The molecule has 1 heterocycles. The fourth-order valence-electron chi connectivity index (χ4n) is 2.18. The summed E-state index contributed by atoms with van der Waals surface area (Å²) in [4.78, 5) is 2.27. The van der Waals surface area contributed by atoms with Crippen LogP contribution in [0.25, 0.3) is 0 Å². The molecule has 0 saturated carbocycles. The van der Waals surface area contributed by atoms with Crippen molar-refractivity contribution < 1.29 is 0 Å². The van der Waals surface area contributed by atoms with E-state index in [0.29, 0.717) is 12.6 Å². The molecule has 0 radical (unpaired) electrons. The molecule has 0 amide bonds. The number of halogens is 1.